The van der Waals surface area contributed by atoms with Gasteiger partial charge in [-0.15, -0.1) is 0 Å². The van der Waals surface area contributed by atoms with Crippen LogP contribution in [0.5, 0.6) is 5.75 Å². The number of aliphatic carboxylic acids is 1. The number of hydrogen-bond acceptors (Lipinski definition) is 5. The molecule has 2 atom stereocenters. The number of rotatable bonds is 11. The summed E-state index contributed by atoms with van der Waals surface area (Å²) in [6.07, 6.45) is 6.31. The standard InChI is InChI=1S/C26H39N3O5/c1-34-23-9-5-19(6-10-23)4-8-22(17-25(31)32)28-26(33)21-3-2-16-29(18-21)24(30)11-7-20-12-14-27-15-13-20/h5-6,9-10,20-22,27H,2-4,7-8,11-18H2,1H3,(H,28,33)(H,31,32)/t21-,22?/m1/s1. The van der Waals surface area contributed by atoms with Gasteiger partial charge in [0, 0.05) is 25.6 Å². The number of piperidine rings is 2. The lowest BCUT2D eigenvalue weighted by molar-refractivity contribution is -0.138. The van der Waals surface area contributed by atoms with E-state index in [1.54, 1.807) is 7.11 Å². The summed E-state index contributed by atoms with van der Waals surface area (Å²) >= 11 is 0. The van der Waals surface area contributed by atoms with Crippen LogP contribution >= 0.6 is 0 Å². The van der Waals surface area contributed by atoms with Crippen molar-refractivity contribution in [3.8, 4) is 5.75 Å². The molecule has 3 rings (SSSR count). The Kier molecular flexibility index (Phi) is 10.2. The molecule has 0 radical (unpaired) electrons. The Labute approximate surface area is 202 Å². The molecule has 1 aromatic rings. The lowest BCUT2D eigenvalue weighted by atomic mass is 9.92. The largest absolute Gasteiger partial charge is 0.497 e. The summed E-state index contributed by atoms with van der Waals surface area (Å²) in [7, 11) is 1.61. The third-order valence-electron chi connectivity index (χ3n) is 7.08. The maximum absolute atomic E-state index is 13.0. The highest BCUT2D eigenvalue weighted by molar-refractivity contribution is 5.82. The molecule has 188 valence electrons. The van der Waals surface area contributed by atoms with E-state index in [9.17, 15) is 19.5 Å². The second-order valence-electron chi connectivity index (χ2n) is 9.60. The summed E-state index contributed by atoms with van der Waals surface area (Å²) in [5.41, 5.74) is 1.06. The Balaban J connectivity index is 1.48. The molecule has 2 aliphatic rings. The summed E-state index contributed by atoms with van der Waals surface area (Å²) in [4.78, 5) is 39.0. The summed E-state index contributed by atoms with van der Waals surface area (Å²) in [5.74, 6) is 0.157. The number of carbonyl (C=O) groups is 3. The Morgan fingerprint density at radius 1 is 1.18 bits per heavy atom. The van der Waals surface area contributed by atoms with Gasteiger partial charge in [-0.05, 0) is 81.6 Å². The highest BCUT2D eigenvalue weighted by Gasteiger charge is 2.30. The number of nitrogens with zero attached hydrogens (tertiary/aromatic N) is 1. The maximum Gasteiger partial charge on any atom is 0.305 e. The first-order valence-electron chi connectivity index (χ1n) is 12.6. The van der Waals surface area contributed by atoms with Gasteiger partial charge >= 0.3 is 5.97 Å². The highest BCUT2D eigenvalue weighted by Crippen LogP contribution is 2.22. The van der Waals surface area contributed by atoms with E-state index in [0.717, 1.165) is 56.5 Å². The Morgan fingerprint density at radius 3 is 2.59 bits per heavy atom. The molecule has 0 saturated carbocycles. The SMILES string of the molecule is COc1ccc(CCC(CC(=O)O)NC(=O)[C@@H]2CCCN(C(=O)CCC3CCNCC3)C2)cc1. The van der Waals surface area contributed by atoms with Gasteiger partial charge in [0.25, 0.3) is 0 Å². The van der Waals surface area contributed by atoms with Crippen LogP contribution in [0.15, 0.2) is 24.3 Å². The number of likely N-dealkylation sites (tertiary alicyclic amines) is 1. The van der Waals surface area contributed by atoms with Crippen molar-refractivity contribution in [1.29, 1.82) is 0 Å². The molecule has 1 unspecified atom stereocenters. The lowest BCUT2D eigenvalue weighted by Gasteiger charge is -2.33. The normalized spacial score (nSPS) is 19.9. The van der Waals surface area contributed by atoms with E-state index < -0.39 is 12.0 Å². The van der Waals surface area contributed by atoms with Crippen LogP contribution in [0.4, 0.5) is 0 Å². The number of ether oxygens (including phenoxy) is 1. The van der Waals surface area contributed by atoms with E-state index in [1.165, 1.54) is 0 Å². The van der Waals surface area contributed by atoms with E-state index in [-0.39, 0.29) is 24.2 Å². The molecule has 2 aliphatic heterocycles. The fourth-order valence-electron chi connectivity index (χ4n) is 4.96. The van der Waals surface area contributed by atoms with Crippen molar-refractivity contribution in [3.05, 3.63) is 29.8 Å². The van der Waals surface area contributed by atoms with Gasteiger partial charge in [0.15, 0.2) is 0 Å². The number of carboxylic acids is 1. The van der Waals surface area contributed by atoms with Gasteiger partial charge in [-0.1, -0.05) is 12.1 Å². The molecule has 2 saturated heterocycles. The van der Waals surface area contributed by atoms with Gasteiger partial charge in [0.2, 0.25) is 11.8 Å². The zero-order chi connectivity index (χ0) is 24.3. The average Bonchev–Trinajstić information content (AvgIpc) is 2.86. The summed E-state index contributed by atoms with van der Waals surface area (Å²) in [6.45, 7) is 3.18. The monoisotopic (exact) mass is 473 g/mol. The molecule has 8 nitrogen and oxygen atoms in total. The van der Waals surface area contributed by atoms with Gasteiger partial charge < -0.3 is 25.4 Å². The van der Waals surface area contributed by atoms with Crippen molar-refractivity contribution in [3.63, 3.8) is 0 Å². The van der Waals surface area contributed by atoms with Gasteiger partial charge in [-0.3, -0.25) is 14.4 Å². The zero-order valence-electron chi connectivity index (χ0n) is 20.3. The highest BCUT2D eigenvalue weighted by atomic mass is 16.5. The van der Waals surface area contributed by atoms with Crippen molar-refractivity contribution in [1.82, 2.24) is 15.5 Å². The van der Waals surface area contributed by atoms with Crippen LogP contribution in [-0.2, 0) is 20.8 Å². The van der Waals surface area contributed by atoms with Gasteiger partial charge in [0.05, 0.1) is 19.4 Å². The number of nitrogens with one attached hydrogen (secondary N) is 2. The number of carboxylic acid groups (broad SMARTS) is 1. The van der Waals surface area contributed by atoms with E-state index in [0.29, 0.717) is 38.3 Å². The molecule has 0 aliphatic carbocycles. The van der Waals surface area contributed by atoms with Crippen molar-refractivity contribution in [2.45, 2.75) is 63.8 Å². The van der Waals surface area contributed by atoms with E-state index in [2.05, 4.69) is 10.6 Å². The van der Waals surface area contributed by atoms with Crippen LogP contribution in [-0.4, -0.2) is 67.1 Å². The van der Waals surface area contributed by atoms with Crippen LogP contribution in [0.3, 0.4) is 0 Å². The van der Waals surface area contributed by atoms with E-state index in [4.69, 9.17) is 4.74 Å². The van der Waals surface area contributed by atoms with Crippen LogP contribution in [0.1, 0.15) is 56.9 Å². The second-order valence-corrected chi connectivity index (χ2v) is 9.60. The molecule has 2 amide bonds. The molecule has 34 heavy (non-hydrogen) atoms. The molecule has 0 bridgehead atoms. The molecule has 0 aromatic heterocycles. The first-order chi connectivity index (χ1) is 16.4. The quantitative estimate of drug-likeness (QED) is 0.456. The molecule has 2 heterocycles. The van der Waals surface area contributed by atoms with E-state index >= 15 is 0 Å². The molecule has 8 heteroatoms. The minimum Gasteiger partial charge on any atom is -0.497 e. The molecular weight excluding hydrogens is 434 g/mol. The predicted molar refractivity (Wildman–Crippen MR) is 130 cm³/mol. The smallest absolute Gasteiger partial charge is 0.305 e. The van der Waals surface area contributed by atoms with E-state index in [1.807, 2.05) is 29.2 Å². The minimum atomic E-state index is -0.932. The summed E-state index contributed by atoms with van der Waals surface area (Å²) in [6, 6.07) is 7.20. The Bertz CT molecular complexity index is 807. The average molecular weight is 474 g/mol. The lowest BCUT2D eigenvalue weighted by Crippen LogP contribution is -2.48. The number of carbonyl (C=O) groups excluding carboxylic acids is 2. The molecular formula is C26H39N3O5. The number of benzene rings is 1. The number of hydrogen-bond donors (Lipinski definition) is 3. The van der Waals surface area contributed by atoms with Crippen LogP contribution in [0, 0.1) is 11.8 Å². The fraction of sp³-hybridized carbons (Fsp3) is 0.654. The molecule has 2 fully saturated rings. The van der Waals surface area contributed by atoms with Crippen molar-refractivity contribution >= 4 is 17.8 Å². The van der Waals surface area contributed by atoms with Crippen molar-refractivity contribution < 1.29 is 24.2 Å². The summed E-state index contributed by atoms with van der Waals surface area (Å²) in [5, 5.41) is 15.6. The summed E-state index contributed by atoms with van der Waals surface area (Å²) < 4.78 is 5.17. The fourth-order valence-corrected chi connectivity index (χ4v) is 4.96. The maximum atomic E-state index is 13.0. The zero-order valence-corrected chi connectivity index (χ0v) is 20.3. The Morgan fingerprint density at radius 2 is 1.91 bits per heavy atom. The minimum absolute atomic E-state index is 0.118. The Hall–Kier alpha value is -2.61. The van der Waals surface area contributed by atoms with Gasteiger partial charge in [-0.2, -0.15) is 0 Å². The van der Waals surface area contributed by atoms with Crippen molar-refractivity contribution in [2.75, 3.05) is 33.3 Å². The van der Waals surface area contributed by atoms with Crippen LogP contribution in [0.25, 0.3) is 0 Å². The van der Waals surface area contributed by atoms with Crippen molar-refractivity contribution in [2.24, 2.45) is 11.8 Å². The molecule has 1 aromatic carbocycles. The van der Waals surface area contributed by atoms with Crippen LogP contribution in [0.2, 0.25) is 0 Å². The van der Waals surface area contributed by atoms with Gasteiger partial charge in [-0.25, -0.2) is 0 Å². The third-order valence-corrected chi connectivity index (χ3v) is 7.08. The first kappa shape index (κ1) is 26.0. The first-order valence-corrected chi connectivity index (χ1v) is 12.6. The predicted octanol–water partition coefficient (Wildman–Crippen LogP) is 2.61. The van der Waals surface area contributed by atoms with Gasteiger partial charge in [0.1, 0.15) is 5.75 Å². The number of methoxy groups -OCH3 is 1. The second kappa shape index (κ2) is 13.3. The number of amides is 2. The third kappa shape index (κ3) is 8.31. The topological polar surface area (TPSA) is 108 Å². The number of aryl methyl sites for hydroxylation is 1. The molecule has 0 spiro atoms. The van der Waals surface area contributed by atoms with Crippen LogP contribution < -0.4 is 15.4 Å². The molecule has 3 N–H and O–H groups in total.